The number of fused-ring (bicyclic) bond motifs is 5. The molecule has 4 N–H and O–H groups in total. The number of nitrogen functional groups attached to an aromatic ring is 2. The van der Waals surface area contributed by atoms with Gasteiger partial charge >= 0.3 is 0 Å². The van der Waals surface area contributed by atoms with Gasteiger partial charge in [-0.05, 0) is 12.1 Å². The van der Waals surface area contributed by atoms with Crippen LogP contribution in [-0.4, -0.2) is 6.29 Å². The van der Waals surface area contributed by atoms with Crippen molar-refractivity contribution in [1.29, 1.82) is 0 Å². The van der Waals surface area contributed by atoms with Crippen LogP contribution in [0, 0.1) is 0 Å². The summed E-state index contributed by atoms with van der Waals surface area (Å²) in [5.41, 5.74) is 15.3. The summed E-state index contributed by atoms with van der Waals surface area (Å²) >= 11 is 0. The standard InChI is InChI=1S/C14H12N2O2/c15-9-5-1-3-7-11-8-4-2-6-10(16)13(8)18-14(11)17-12(7)9/h1-6,11,14H,15-16H2. The number of ether oxygens (including phenoxy) is 2. The largest absolute Gasteiger partial charge is 0.451 e. The van der Waals surface area contributed by atoms with Gasteiger partial charge in [0.15, 0.2) is 11.5 Å². The highest BCUT2D eigenvalue weighted by Crippen LogP contribution is 2.53. The molecule has 4 rings (SSSR count). The van der Waals surface area contributed by atoms with E-state index in [2.05, 4.69) is 0 Å². The number of hydrogen-bond donors (Lipinski definition) is 2. The number of anilines is 2. The van der Waals surface area contributed by atoms with Crippen LogP contribution in [0.15, 0.2) is 36.4 Å². The van der Waals surface area contributed by atoms with Crippen LogP contribution in [0.1, 0.15) is 17.0 Å². The van der Waals surface area contributed by atoms with Gasteiger partial charge in [-0.1, -0.05) is 24.3 Å². The first-order chi connectivity index (χ1) is 8.75. The van der Waals surface area contributed by atoms with Crippen LogP contribution in [-0.2, 0) is 0 Å². The van der Waals surface area contributed by atoms with Crippen LogP contribution in [0.2, 0.25) is 0 Å². The average Bonchev–Trinajstić information content (AvgIpc) is 2.88. The Morgan fingerprint density at radius 1 is 0.778 bits per heavy atom. The molecule has 4 heteroatoms. The van der Waals surface area contributed by atoms with Crippen LogP contribution in [0.3, 0.4) is 0 Å². The topological polar surface area (TPSA) is 70.5 Å². The summed E-state index contributed by atoms with van der Waals surface area (Å²) in [5.74, 6) is 1.54. The summed E-state index contributed by atoms with van der Waals surface area (Å²) in [7, 11) is 0. The SMILES string of the molecule is Nc1cccc2c1OC1Oc3c(N)cccc3C21. The molecule has 0 aliphatic carbocycles. The van der Waals surface area contributed by atoms with Crippen LogP contribution in [0.5, 0.6) is 11.5 Å². The summed E-state index contributed by atoms with van der Waals surface area (Å²) in [6.45, 7) is 0. The van der Waals surface area contributed by atoms with Crippen LogP contribution in [0.4, 0.5) is 11.4 Å². The third-order valence-corrected chi connectivity index (χ3v) is 3.56. The summed E-state index contributed by atoms with van der Waals surface area (Å²) in [6.07, 6.45) is -0.343. The molecule has 0 saturated heterocycles. The Labute approximate surface area is 104 Å². The summed E-state index contributed by atoms with van der Waals surface area (Å²) < 4.78 is 11.6. The molecule has 2 aliphatic rings. The van der Waals surface area contributed by atoms with Gasteiger partial charge in [-0.2, -0.15) is 0 Å². The molecule has 0 radical (unpaired) electrons. The van der Waals surface area contributed by atoms with Gasteiger partial charge in [0.25, 0.3) is 6.29 Å². The third kappa shape index (κ3) is 1.05. The van der Waals surface area contributed by atoms with E-state index < -0.39 is 0 Å². The van der Waals surface area contributed by atoms with Gasteiger partial charge in [0.05, 0.1) is 17.3 Å². The Hall–Kier alpha value is -2.36. The van der Waals surface area contributed by atoms with E-state index in [1.54, 1.807) is 0 Å². The highest BCUT2D eigenvalue weighted by atomic mass is 16.7. The normalized spacial score (nSPS) is 22.7. The lowest BCUT2D eigenvalue weighted by Gasteiger charge is -2.10. The minimum absolute atomic E-state index is 0.0713. The molecule has 0 aromatic heterocycles. The highest BCUT2D eigenvalue weighted by molar-refractivity contribution is 5.67. The first-order valence-corrected chi connectivity index (χ1v) is 5.86. The van der Waals surface area contributed by atoms with Crippen molar-refractivity contribution in [2.75, 3.05) is 11.5 Å². The molecule has 2 aromatic rings. The minimum Gasteiger partial charge on any atom is -0.451 e. The summed E-state index contributed by atoms with van der Waals surface area (Å²) in [6, 6.07) is 11.6. The molecule has 0 bridgehead atoms. The van der Waals surface area contributed by atoms with E-state index in [9.17, 15) is 0 Å². The number of hydrogen-bond acceptors (Lipinski definition) is 4. The first kappa shape index (κ1) is 9.65. The monoisotopic (exact) mass is 240 g/mol. The van der Waals surface area contributed by atoms with Crippen LogP contribution < -0.4 is 20.9 Å². The average molecular weight is 240 g/mol. The maximum atomic E-state index is 5.92. The van der Waals surface area contributed by atoms with Crippen molar-refractivity contribution in [3.63, 3.8) is 0 Å². The van der Waals surface area contributed by atoms with E-state index in [4.69, 9.17) is 20.9 Å². The summed E-state index contributed by atoms with van der Waals surface area (Å²) in [5, 5.41) is 0. The zero-order valence-electron chi connectivity index (χ0n) is 9.59. The number of rotatable bonds is 0. The minimum atomic E-state index is -0.343. The van der Waals surface area contributed by atoms with Crippen molar-refractivity contribution in [3.05, 3.63) is 47.5 Å². The van der Waals surface area contributed by atoms with E-state index in [0.717, 1.165) is 22.6 Å². The molecule has 0 fully saturated rings. The molecule has 2 aromatic carbocycles. The van der Waals surface area contributed by atoms with Crippen molar-refractivity contribution < 1.29 is 9.47 Å². The molecule has 0 amide bonds. The number of para-hydroxylation sites is 2. The Kier molecular flexibility index (Phi) is 1.66. The van der Waals surface area contributed by atoms with Crippen molar-refractivity contribution in [2.45, 2.75) is 12.2 Å². The lowest BCUT2D eigenvalue weighted by molar-refractivity contribution is 0.0339. The maximum Gasteiger partial charge on any atom is 0.252 e. The third-order valence-electron chi connectivity index (χ3n) is 3.56. The lowest BCUT2D eigenvalue weighted by Crippen LogP contribution is -2.20. The Bertz CT molecular complexity index is 599. The Morgan fingerprint density at radius 2 is 1.28 bits per heavy atom. The molecule has 0 unspecified atom stereocenters. The van der Waals surface area contributed by atoms with E-state index in [1.165, 1.54) is 0 Å². The predicted molar refractivity (Wildman–Crippen MR) is 68.6 cm³/mol. The molecule has 0 spiro atoms. The van der Waals surface area contributed by atoms with Gasteiger partial charge in [0.2, 0.25) is 0 Å². The molecule has 0 saturated carbocycles. The van der Waals surface area contributed by atoms with Crippen LogP contribution in [0.25, 0.3) is 0 Å². The fourth-order valence-electron chi connectivity index (χ4n) is 2.76. The van der Waals surface area contributed by atoms with Crippen molar-refractivity contribution in [1.82, 2.24) is 0 Å². The van der Waals surface area contributed by atoms with Crippen molar-refractivity contribution >= 4 is 11.4 Å². The molecule has 4 nitrogen and oxygen atoms in total. The molecular formula is C14H12N2O2. The zero-order valence-corrected chi connectivity index (χ0v) is 9.59. The fourth-order valence-corrected chi connectivity index (χ4v) is 2.76. The van der Waals surface area contributed by atoms with Gasteiger partial charge in [0, 0.05) is 11.1 Å². The van der Waals surface area contributed by atoms with Crippen molar-refractivity contribution in [3.8, 4) is 11.5 Å². The predicted octanol–water partition coefficient (Wildman–Crippen LogP) is 2.09. The molecule has 90 valence electrons. The van der Waals surface area contributed by atoms with E-state index in [-0.39, 0.29) is 12.2 Å². The Balaban J connectivity index is 1.94. The smallest absolute Gasteiger partial charge is 0.252 e. The number of benzene rings is 2. The first-order valence-electron chi connectivity index (χ1n) is 5.86. The molecule has 2 aliphatic heterocycles. The zero-order chi connectivity index (χ0) is 12.3. The van der Waals surface area contributed by atoms with Gasteiger partial charge in [-0.25, -0.2) is 0 Å². The lowest BCUT2D eigenvalue weighted by atomic mass is 9.92. The highest BCUT2D eigenvalue weighted by Gasteiger charge is 2.45. The number of nitrogens with two attached hydrogens (primary N) is 2. The van der Waals surface area contributed by atoms with E-state index in [1.807, 2.05) is 36.4 Å². The molecule has 0 atom stereocenters. The second-order valence-corrected chi connectivity index (χ2v) is 4.61. The molecule has 2 heterocycles. The van der Waals surface area contributed by atoms with E-state index >= 15 is 0 Å². The quantitative estimate of drug-likeness (QED) is 0.692. The second-order valence-electron chi connectivity index (χ2n) is 4.61. The molecule has 18 heavy (non-hydrogen) atoms. The summed E-state index contributed by atoms with van der Waals surface area (Å²) in [4.78, 5) is 0. The Morgan fingerprint density at radius 3 is 1.78 bits per heavy atom. The van der Waals surface area contributed by atoms with Gasteiger partial charge in [-0.15, -0.1) is 0 Å². The maximum absolute atomic E-state index is 5.92. The van der Waals surface area contributed by atoms with E-state index in [0.29, 0.717) is 11.4 Å². The van der Waals surface area contributed by atoms with Gasteiger partial charge < -0.3 is 20.9 Å². The second kappa shape index (κ2) is 3.10. The van der Waals surface area contributed by atoms with Crippen molar-refractivity contribution in [2.24, 2.45) is 0 Å². The fraction of sp³-hybridized carbons (Fsp3) is 0.143. The molecular weight excluding hydrogens is 228 g/mol. The van der Waals surface area contributed by atoms with Crippen LogP contribution >= 0.6 is 0 Å². The van der Waals surface area contributed by atoms with Gasteiger partial charge in [-0.3, -0.25) is 0 Å². The van der Waals surface area contributed by atoms with Gasteiger partial charge in [0.1, 0.15) is 0 Å².